The van der Waals surface area contributed by atoms with E-state index in [9.17, 15) is 4.79 Å². The first-order valence-electron chi connectivity index (χ1n) is 3.46. The number of hydrazone groups is 1. The van der Waals surface area contributed by atoms with E-state index in [0.29, 0.717) is 10.7 Å². The van der Waals surface area contributed by atoms with Crippen molar-refractivity contribution in [2.45, 2.75) is 0 Å². The highest BCUT2D eigenvalue weighted by Gasteiger charge is 1.90. The Morgan fingerprint density at radius 2 is 2.08 bits per heavy atom. The van der Waals surface area contributed by atoms with Crippen LogP contribution in [0.2, 0.25) is 5.02 Å². The van der Waals surface area contributed by atoms with Crippen LogP contribution in [0.3, 0.4) is 0 Å². The number of anilines is 1. The molecule has 0 unspecified atom stereocenters. The van der Waals surface area contributed by atoms with Gasteiger partial charge in [-0.25, -0.2) is 4.79 Å². The van der Waals surface area contributed by atoms with E-state index < -0.39 is 5.97 Å². The maximum atomic E-state index is 10.0. The zero-order valence-corrected chi connectivity index (χ0v) is 7.32. The molecule has 0 aromatic heterocycles. The van der Waals surface area contributed by atoms with Gasteiger partial charge in [-0.1, -0.05) is 11.6 Å². The molecule has 1 aromatic carbocycles. The number of halogens is 1. The van der Waals surface area contributed by atoms with Gasteiger partial charge in [0.15, 0.2) is 0 Å². The van der Waals surface area contributed by atoms with Crippen LogP contribution >= 0.6 is 11.6 Å². The number of carbonyl (C=O) groups is 1. The van der Waals surface area contributed by atoms with Gasteiger partial charge < -0.3 is 5.11 Å². The first kappa shape index (κ1) is 9.54. The van der Waals surface area contributed by atoms with Crippen molar-refractivity contribution in [2.75, 3.05) is 5.43 Å². The smallest absolute Gasteiger partial charge is 0.348 e. The summed E-state index contributed by atoms with van der Waals surface area (Å²) >= 11 is 5.64. The summed E-state index contributed by atoms with van der Waals surface area (Å²) < 4.78 is 0. The van der Waals surface area contributed by atoms with E-state index in [1.165, 1.54) is 0 Å². The third-order valence-electron chi connectivity index (χ3n) is 1.21. The Labute approximate surface area is 79.8 Å². The number of carboxylic acid groups (broad SMARTS) is 1. The van der Waals surface area contributed by atoms with Gasteiger partial charge in [-0.15, -0.1) is 0 Å². The van der Waals surface area contributed by atoms with Gasteiger partial charge in [0.2, 0.25) is 0 Å². The van der Waals surface area contributed by atoms with Crippen molar-refractivity contribution in [3.63, 3.8) is 0 Å². The lowest BCUT2D eigenvalue weighted by atomic mass is 10.3. The van der Waals surface area contributed by atoms with Crippen molar-refractivity contribution in [3.05, 3.63) is 29.3 Å². The van der Waals surface area contributed by atoms with Crippen LogP contribution in [0.4, 0.5) is 5.69 Å². The van der Waals surface area contributed by atoms with E-state index in [1.807, 2.05) is 0 Å². The molecule has 0 aliphatic rings. The van der Waals surface area contributed by atoms with Gasteiger partial charge in [0.25, 0.3) is 0 Å². The summed E-state index contributed by atoms with van der Waals surface area (Å²) in [6, 6.07) is 6.75. The molecule has 0 fully saturated rings. The first-order valence-corrected chi connectivity index (χ1v) is 3.84. The summed E-state index contributed by atoms with van der Waals surface area (Å²) in [7, 11) is 0. The average molecular weight is 199 g/mol. The van der Waals surface area contributed by atoms with Gasteiger partial charge in [0.1, 0.15) is 6.21 Å². The lowest BCUT2D eigenvalue weighted by Crippen LogP contribution is -1.98. The van der Waals surface area contributed by atoms with Gasteiger partial charge in [-0.2, -0.15) is 5.10 Å². The molecular formula is C8H7ClN2O2. The largest absolute Gasteiger partial charge is 0.477 e. The first-order chi connectivity index (χ1) is 6.18. The summed E-state index contributed by atoms with van der Waals surface area (Å²) in [5.41, 5.74) is 3.22. The Bertz CT molecular complexity index is 321. The zero-order valence-electron chi connectivity index (χ0n) is 6.57. The third kappa shape index (κ3) is 3.57. The van der Waals surface area contributed by atoms with E-state index in [1.54, 1.807) is 24.3 Å². The number of hydrogen-bond donors (Lipinski definition) is 2. The molecule has 1 rings (SSSR count). The Balaban J connectivity index is 2.55. The molecule has 0 radical (unpaired) electrons. The SMILES string of the molecule is O=C(O)/C=N/Nc1ccc(Cl)cc1. The van der Waals surface area contributed by atoms with Crippen LogP contribution in [0.25, 0.3) is 0 Å². The summed E-state index contributed by atoms with van der Waals surface area (Å²) in [4.78, 5) is 10.0. The number of carboxylic acids is 1. The number of nitrogens with zero attached hydrogens (tertiary/aromatic N) is 1. The Morgan fingerprint density at radius 3 is 2.62 bits per heavy atom. The van der Waals surface area contributed by atoms with Crippen LogP contribution in [-0.4, -0.2) is 17.3 Å². The molecule has 13 heavy (non-hydrogen) atoms. The molecule has 0 amide bonds. The quantitative estimate of drug-likeness (QED) is 0.575. The van der Waals surface area contributed by atoms with Crippen LogP contribution in [0.15, 0.2) is 29.4 Å². The van der Waals surface area contributed by atoms with Crippen molar-refractivity contribution in [3.8, 4) is 0 Å². The van der Waals surface area contributed by atoms with Crippen molar-refractivity contribution >= 4 is 29.5 Å². The van der Waals surface area contributed by atoms with Gasteiger partial charge in [0.05, 0.1) is 5.69 Å². The number of rotatable bonds is 3. The molecule has 0 aliphatic heterocycles. The number of hydrogen-bond acceptors (Lipinski definition) is 3. The highest BCUT2D eigenvalue weighted by Crippen LogP contribution is 2.12. The second-order valence-corrected chi connectivity index (χ2v) is 2.65. The second kappa shape index (κ2) is 4.47. The average Bonchev–Trinajstić information content (AvgIpc) is 2.08. The fraction of sp³-hybridized carbons (Fsp3) is 0. The molecule has 5 heteroatoms. The van der Waals surface area contributed by atoms with E-state index in [2.05, 4.69) is 10.5 Å². The minimum Gasteiger partial charge on any atom is -0.477 e. The van der Waals surface area contributed by atoms with Gasteiger partial charge >= 0.3 is 5.97 Å². The van der Waals surface area contributed by atoms with Crippen molar-refractivity contribution < 1.29 is 9.90 Å². The molecule has 0 atom stereocenters. The second-order valence-electron chi connectivity index (χ2n) is 2.22. The topological polar surface area (TPSA) is 61.7 Å². The Morgan fingerprint density at radius 1 is 1.46 bits per heavy atom. The molecular weight excluding hydrogens is 192 g/mol. The zero-order chi connectivity index (χ0) is 9.68. The predicted octanol–water partition coefficient (Wildman–Crippen LogP) is 1.82. The number of aliphatic carboxylic acids is 1. The molecule has 0 saturated carbocycles. The van der Waals surface area contributed by atoms with Gasteiger partial charge in [-0.3, -0.25) is 5.43 Å². The fourth-order valence-electron chi connectivity index (χ4n) is 0.686. The Kier molecular flexibility index (Phi) is 3.28. The molecule has 0 saturated heterocycles. The lowest BCUT2D eigenvalue weighted by molar-refractivity contribution is -0.128. The minimum absolute atomic E-state index is 0.618. The Hall–Kier alpha value is -1.55. The monoisotopic (exact) mass is 198 g/mol. The van der Waals surface area contributed by atoms with Gasteiger partial charge in [0, 0.05) is 5.02 Å². The van der Waals surface area contributed by atoms with Crippen molar-refractivity contribution in [2.24, 2.45) is 5.10 Å². The number of nitrogens with one attached hydrogen (secondary N) is 1. The summed E-state index contributed by atoms with van der Waals surface area (Å²) in [6.45, 7) is 0. The predicted molar refractivity (Wildman–Crippen MR) is 51.2 cm³/mol. The molecule has 0 bridgehead atoms. The molecule has 0 aliphatic carbocycles. The van der Waals surface area contributed by atoms with E-state index in [4.69, 9.17) is 16.7 Å². The summed E-state index contributed by atoms with van der Waals surface area (Å²) in [5, 5.41) is 12.3. The van der Waals surface area contributed by atoms with E-state index in [-0.39, 0.29) is 0 Å². The van der Waals surface area contributed by atoms with Crippen LogP contribution in [0, 0.1) is 0 Å². The maximum Gasteiger partial charge on any atom is 0.348 e. The molecule has 2 N–H and O–H groups in total. The van der Waals surface area contributed by atoms with Crippen molar-refractivity contribution in [1.29, 1.82) is 0 Å². The van der Waals surface area contributed by atoms with Crippen LogP contribution in [-0.2, 0) is 4.79 Å². The normalized spacial score (nSPS) is 10.2. The standard InChI is InChI=1S/C8H7ClN2O2/c9-6-1-3-7(4-2-6)11-10-5-8(12)13/h1-5,11H,(H,12,13)/b10-5+. The fourth-order valence-corrected chi connectivity index (χ4v) is 0.812. The molecule has 0 spiro atoms. The lowest BCUT2D eigenvalue weighted by Gasteiger charge is -1.97. The van der Waals surface area contributed by atoms with Crippen LogP contribution in [0.5, 0.6) is 0 Å². The highest BCUT2D eigenvalue weighted by atomic mass is 35.5. The third-order valence-corrected chi connectivity index (χ3v) is 1.46. The highest BCUT2D eigenvalue weighted by molar-refractivity contribution is 6.30. The summed E-state index contributed by atoms with van der Waals surface area (Å²) in [6.07, 6.45) is 0.772. The molecule has 0 heterocycles. The van der Waals surface area contributed by atoms with Gasteiger partial charge in [-0.05, 0) is 24.3 Å². The van der Waals surface area contributed by atoms with Crippen LogP contribution < -0.4 is 5.43 Å². The molecule has 4 nitrogen and oxygen atoms in total. The molecule has 68 valence electrons. The summed E-state index contributed by atoms with van der Waals surface area (Å²) in [5.74, 6) is -1.10. The van der Waals surface area contributed by atoms with E-state index >= 15 is 0 Å². The van der Waals surface area contributed by atoms with E-state index in [0.717, 1.165) is 6.21 Å². The minimum atomic E-state index is -1.10. The molecule has 1 aromatic rings. The van der Waals surface area contributed by atoms with Crippen LogP contribution in [0.1, 0.15) is 0 Å². The number of benzene rings is 1. The maximum absolute atomic E-state index is 10.0. The van der Waals surface area contributed by atoms with Crippen molar-refractivity contribution in [1.82, 2.24) is 0 Å².